The quantitative estimate of drug-likeness (QED) is 0.852. The van der Waals surface area contributed by atoms with Gasteiger partial charge in [-0.25, -0.2) is 0 Å². The largest absolute Gasteiger partial charge is 0.497 e. The number of ether oxygens (including phenoxy) is 1. The topological polar surface area (TPSA) is 38.3 Å². The van der Waals surface area contributed by atoms with Gasteiger partial charge in [-0.1, -0.05) is 36.0 Å². The van der Waals surface area contributed by atoms with Crippen LogP contribution < -0.4 is 10.1 Å². The minimum Gasteiger partial charge on any atom is -0.497 e. The molecule has 0 unspecified atom stereocenters. The van der Waals surface area contributed by atoms with E-state index in [0.29, 0.717) is 4.91 Å². The number of hydrogen-bond acceptors (Lipinski definition) is 3. The molecule has 3 rings (SSSR count). The molecule has 20 heavy (non-hydrogen) atoms. The van der Waals surface area contributed by atoms with Gasteiger partial charge in [-0.15, -0.1) is 0 Å². The molecule has 0 bridgehead atoms. The Kier molecular flexibility index (Phi) is 3.48. The average Bonchev–Trinajstić information content (AvgIpc) is 2.49. The molecule has 0 saturated carbocycles. The van der Waals surface area contributed by atoms with E-state index in [4.69, 9.17) is 4.74 Å². The Morgan fingerprint density at radius 2 is 1.85 bits per heavy atom. The number of carbonyl (C=O) groups is 1. The van der Waals surface area contributed by atoms with E-state index in [1.165, 1.54) is 11.8 Å². The number of nitrogens with one attached hydrogen (secondary N) is 1. The Hall–Kier alpha value is -2.20. The highest BCUT2D eigenvalue weighted by Crippen LogP contribution is 2.38. The fourth-order valence-electron chi connectivity index (χ4n) is 1.95. The number of fused-ring (bicyclic) bond motifs is 1. The van der Waals surface area contributed by atoms with E-state index in [2.05, 4.69) is 5.32 Å². The van der Waals surface area contributed by atoms with Crippen LogP contribution in [0.1, 0.15) is 5.56 Å². The third-order valence-electron chi connectivity index (χ3n) is 2.99. The first-order valence-corrected chi connectivity index (χ1v) is 7.02. The molecule has 3 nitrogen and oxygen atoms in total. The summed E-state index contributed by atoms with van der Waals surface area (Å²) in [5.74, 6) is 0.739. The summed E-state index contributed by atoms with van der Waals surface area (Å²) < 4.78 is 5.12. The highest BCUT2D eigenvalue weighted by atomic mass is 32.2. The molecular weight excluding hydrogens is 270 g/mol. The van der Waals surface area contributed by atoms with Gasteiger partial charge in [-0.3, -0.25) is 4.79 Å². The third-order valence-corrected chi connectivity index (χ3v) is 4.09. The maximum Gasteiger partial charge on any atom is 0.262 e. The van der Waals surface area contributed by atoms with Crippen LogP contribution in [0.2, 0.25) is 0 Å². The zero-order valence-electron chi connectivity index (χ0n) is 10.9. The Morgan fingerprint density at radius 1 is 1.10 bits per heavy atom. The summed E-state index contributed by atoms with van der Waals surface area (Å²) >= 11 is 1.49. The molecule has 0 aromatic heterocycles. The summed E-state index contributed by atoms with van der Waals surface area (Å²) in [5.41, 5.74) is 1.84. The van der Waals surface area contributed by atoms with Crippen molar-refractivity contribution in [1.82, 2.24) is 0 Å². The van der Waals surface area contributed by atoms with Crippen molar-refractivity contribution in [2.75, 3.05) is 12.4 Å². The molecule has 0 atom stereocenters. The van der Waals surface area contributed by atoms with Crippen molar-refractivity contribution < 1.29 is 9.53 Å². The molecule has 1 aliphatic heterocycles. The Labute approximate surface area is 121 Å². The van der Waals surface area contributed by atoms with Gasteiger partial charge in [-0.2, -0.15) is 0 Å². The van der Waals surface area contributed by atoms with E-state index in [1.807, 2.05) is 54.6 Å². The second-order valence-electron chi connectivity index (χ2n) is 4.33. The first kappa shape index (κ1) is 12.8. The van der Waals surface area contributed by atoms with Gasteiger partial charge in [0.05, 0.1) is 17.7 Å². The highest BCUT2D eigenvalue weighted by Gasteiger charge is 2.20. The number of carbonyl (C=O) groups excluding carboxylic acids is 1. The lowest BCUT2D eigenvalue weighted by Gasteiger charge is -2.18. The molecule has 1 aliphatic rings. The zero-order valence-corrected chi connectivity index (χ0v) is 11.7. The van der Waals surface area contributed by atoms with Crippen molar-refractivity contribution in [1.29, 1.82) is 0 Å². The maximum absolute atomic E-state index is 12.1. The van der Waals surface area contributed by atoms with Gasteiger partial charge in [0.15, 0.2) is 0 Å². The van der Waals surface area contributed by atoms with E-state index < -0.39 is 0 Å². The van der Waals surface area contributed by atoms with Crippen LogP contribution in [-0.2, 0) is 4.79 Å². The van der Waals surface area contributed by atoms with Gasteiger partial charge < -0.3 is 10.1 Å². The van der Waals surface area contributed by atoms with E-state index >= 15 is 0 Å². The molecule has 4 heteroatoms. The molecular formula is C16H13NO2S. The van der Waals surface area contributed by atoms with Crippen molar-refractivity contribution >= 4 is 29.4 Å². The number of methoxy groups -OCH3 is 1. The van der Waals surface area contributed by atoms with Gasteiger partial charge in [0, 0.05) is 4.90 Å². The van der Waals surface area contributed by atoms with Gasteiger partial charge in [0.2, 0.25) is 0 Å². The van der Waals surface area contributed by atoms with Crippen LogP contribution in [0.25, 0.3) is 6.08 Å². The van der Waals surface area contributed by atoms with Gasteiger partial charge in [0.1, 0.15) is 5.75 Å². The van der Waals surface area contributed by atoms with Crippen LogP contribution in [0.4, 0.5) is 5.69 Å². The van der Waals surface area contributed by atoms with E-state index in [0.717, 1.165) is 21.9 Å². The van der Waals surface area contributed by atoms with Crippen molar-refractivity contribution in [2.45, 2.75) is 4.90 Å². The highest BCUT2D eigenvalue weighted by molar-refractivity contribution is 8.04. The second kappa shape index (κ2) is 5.43. The number of rotatable bonds is 2. The van der Waals surface area contributed by atoms with Crippen molar-refractivity contribution in [2.24, 2.45) is 0 Å². The standard InChI is InChI=1S/C16H13NO2S/c1-19-12-8-6-11(7-9-12)10-15-16(18)17-13-4-2-3-5-14(13)20-15/h2-10H,1H3,(H,17,18)/b15-10+. The maximum atomic E-state index is 12.1. The van der Waals surface area contributed by atoms with E-state index in [9.17, 15) is 4.79 Å². The fourth-order valence-corrected chi connectivity index (χ4v) is 2.91. The first-order valence-electron chi connectivity index (χ1n) is 6.20. The lowest BCUT2D eigenvalue weighted by atomic mass is 10.2. The lowest BCUT2D eigenvalue weighted by Crippen LogP contribution is -2.16. The number of thioether (sulfide) groups is 1. The average molecular weight is 283 g/mol. The summed E-state index contributed by atoms with van der Waals surface area (Å²) in [6.45, 7) is 0. The summed E-state index contributed by atoms with van der Waals surface area (Å²) in [6.07, 6.45) is 1.88. The molecule has 0 saturated heterocycles. The summed E-state index contributed by atoms with van der Waals surface area (Å²) in [7, 11) is 1.63. The molecule has 0 spiro atoms. The predicted molar refractivity (Wildman–Crippen MR) is 81.9 cm³/mol. The normalized spacial score (nSPS) is 15.7. The number of amides is 1. The van der Waals surface area contributed by atoms with Crippen LogP contribution in [0.15, 0.2) is 58.3 Å². The molecule has 2 aromatic carbocycles. The smallest absolute Gasteiger partial charge is 0.262 e. The minimum atomic E-state index is -0.0653. The molecule has 0 fully saturated rings. The second-order valence-corrected chi connectivity index (χ2v) is 5.42. The van der Waals surface area contributed by atoms with Gasteiger partial charge in [-0.05, 0) is 35.9 Å². The van der Waals surface area contributed by atoms with E-state index in [-0.39, 0.29) is 5.91 Å². The predicted octanol–water partition coefficient (Wildman–Crippen LogP) is 3.78. The number of para-hydroxylation sites is 1. The number of anilines is 1. The van der Waals surface area contributed by atoms with Crippen LogP contribution >= 0.6 is 11.8 Å². The monoisotopic (exact) mass is 283 g/mol. The van der Waals surface area contributed by atoms with Gasteiger partial charge >= 0.3 is 0 Å². The molecule has 0 aliphatic carbocycles. The van der Waals surface area contributed by atoms with Gasteiger partial charge in [0.25, 0.3) is 5.91 Å². The van der Waals surface area contributed by atoms with Crippen LogP contribution in [0.5, 0.6) is 5.75 Å². The summed E-state index contributed by atoms with van der Waals surface area (Å²) in [6, 6.07) is 15.4. The Balaban J connectivity index is 1.90. The first-order chi connectivity index (χ1) is 9.76. The van der Waals surface area contributed by atoms with Crippen LogP contribution in [-0.4, -0.2) is 13.0 Å². The van der Waals surface area contributed by atoms with E-state index in [1.54, 1.807) is 7.11 Å². The van der Waals surface area contributed by atoms with Crippen LogP contribution in [0.3, 0.4) is 0 Å². The van der Waals surface area contributed by atoms with Crippen LogP contribution in [0, 0.1) is 0 Å². The SMILES string of the molecule is COc1ccc(/C=C2/Sc3ccccc3NC2=O)cc1. The molecule has 100 valence electrons. The fraction of sp³-hybridized carbons (Fsp3) is 0.0625. The lowest BCUT2D eigenvalue weighted by molar-refractivity contribution is -0.112. The van der Waals surface area contributed by atoms with Crippen molar-refractivity contribution in [3.8, 4) is 5.75 Å². The van der Waals surface area contributed by atoms with Crippen molar-refractivity contribution in [3.63, 3.8) is 0 Å². The Morgan fingerprint density at radius 3 is 2.60 bits per heavy atom. The molecule has 2 aromatic rings. The molecule has 0 radical (unpaired) electrons. The molecule has 1 N–H and O–H groups in total. The Bertz CT molecular complexity index is 677. The molecule has 1 heterocycles. The zero-order chi connectivity index (χ0) is 13.9. The summed E-state index contributed by atoms with van der Waals surface area (Å²) in [4.78, 5) is 13.8. The number of hydrogen-bond donors (Lipinski definition) is 1. The molecule has 1 amide bonds. The third kappa shape index (κ3) is 2.56. The number of benzene rings is 2. The van der Waals surface area contributed by atoms with Crippen molar-refractivity contribution in [3.05, 3.63) is 59.0 Å². The summed E-state index contributed by atoms with van der Waals surface area (Å²) in [5, 5.41) is 2.90. The minimum absolute atomic E-state index is 0.0653.